The summed E-state index contributed by atoms with van der Waals surface area (Å²) in [5.74, 6) is -0.356. The van der Waals surface area contributed by atoms with Crippen LogP contribution >= 0.6 is 0 Å². The first-order valence-corrected chi connectivity index (χ1v) is 11.3. The summed E-state index contributed by atoms with van der Waals surface area (Å²) in [7, 11) is 1.38. The first kappa shape index (κ1) is 22.7. The summed E-state index contributed by atoms with van der Waals surface area (Å²) in [4.78, 5) is 39.4. The highest BCUT2D eigenvalue weighted by atomic mass is 19.1. The van der Waals surface area contributed by atoms with E-state index in [0.717, 1.165) is 18.4 Å². The lowest BCUT2D eigenvalue weighted by molar-refractivity contribution is 0.0855. The largest absolute Gasteiger partial charge is 0.494 e. The summed E-state index contributed by atoms with van der Waals surface area (Å²) < 4.78 is 20.3. The van der Waals surface area contributed by atoms with Gasteiger partial charge >= 0.3 is 0 Å². The Hall–Kier alpha value is -4.08. The number of oxime groups is 1. The quantitative estimate of drug-likeness (QED) is 0.560. The van der Waals surface area contributed by atoms with E-state index in [-0.39, 0.29) is 23.5 Å². The van der Waals surface area contributed by atoms with Crippen molar-refractivity contribution in [2.75, 3.05) is 7.11 Å². The molecule has 3 aromatic rings. The van der Waals surface area contributed by atoms with E-state index in [2.05, 4.69) is 20.4 Å². The van der Waals surface area contributed by atoms with Crippen molar-refractivity contribution >= 4 is 11.6 Å². The van der Waals surface area contributed by atoms with Crippen molar-refractivity contribution in [3.05, 3.63) is 87.1 Å². The minimum Gasteiger partial charge on any atom is -0.494 e. The number of nitrogens with one attached hydrogen (secondary N) is 1. The zero-order valence-electron chi connectivity index (χ0n) is 19.3. The van der Waals surface area contributed by atoms with Crippen molar-refractivity contribution in [3.63, 3.8) is 0 Å². The number of methoxy groups -OCH3 is 1. The molecule has 0 spiro atoms. The van der Waals surface area contributed by atoms with Crippen molar-refractivity contribution < 1.29 is 18.8 Å². The van der Waals surface area contributed by atoms with Crippen LogP contribution < -0.4 is 15.6 Å². The molecule has 1 amide bonds. The molecule has 2 aliphatic rings. The number of aryl methyl sites for hydroxylation is 1. The second kappa shape index (κ2) is 9.28. The zero-order chi connectivity index (χ0) is 24.5. The fourth-order valence-electron chi connectivity index (χ4n) is 3.99. The van der Waals surface area contributed by atoms with E-state index >= 15 is 0 Å². The Balaban J connectivity index is 1.27. The van der Waals surface area contributed by atoms with Crippen LogP contribution in [0, 0.1) is 12.7 Å². The number of halogens is 1. The number of hydrogen-bond acceptors (Lipinski definition) is 7. The van der Waals surface area contributed by atoms with Crippen LogP contribution in [0.25, 0.3) is 0 Å². The Morgan fingerprint density at radius 3 is 2.80 bits per heavy atom. The van der Waals surface area contributed by atoms with Crippen molar-refractivity contribution in [1.29, 1.82) is 0 Å². The molecule has 5 rings (SSSR count). The third-order valence-corrected chi connectivity index (χ3v) is 5.99. The van der Waals surface area contributed by atoms with Gasteiger partial charge in [0.2, 0.25) is 0 Å². The molecule has 0 bridgehead atoms. The molecule has 1 atom stereocenters. The van der Waals surface area contributed by atoms with Gasteiger partial charge in [0.1, 0.15) is 17.2 Å². The number of ether oxygens (including phenoxy) is 1. The van der Waals surface area contributed by atoms with Gasteiger partial charge in [-0.05, 0) is 49.6 Å². The van der Waals surface area contributed by atoms with Gasteiger partial charge in [-0.25, -0.2) is 14.4 Å². The van der Waals surface area contributed by atoms with E-state index in [4.69, 9.17) is 9.57 Å². The van der Waals surface area contributed by atoms with Gasteiger partial charge in [-0.3, -0.25) is 9.59 Å². The predicted octanol–water partition coefficient (Wildman–Crippen LogP) is 3.23. The van der Waals surface area contributed by atoms with Gasteiger partial charge in [0.15, 0.2) is 17.7 Å². The highest BCUT2D eigenvalue weighted by Crippen LogP contribution is 2.34. The molecule has 2 aromatic heterocycles. The molecule has 1 fully saturated rings. The molecule has 1 unspecified atom stereocenters. The summed E-state index contributed by atoms with van der Waals surface area (Å²) in [5, 5.41) is 6.94. The number of amides is 1. The molecule has 0 saturated heterocycles. The topological polar surface area (TPSA) is 108 Å². The first-order valence-electron chi connectivity index (χ1n) is 11.3. The van der Waals surface area contributed by atoms with E-state index in [1.54, 1.807) is 29.7 Å². The number of rotatable bonds is 7. The van der Waals surface area contributed by atoms with Crippen LogP contribution in [0.1, 0.15) is 64.5 Å². The molecule has 1 aliphatic heterocycles. The standard InChI is InChI=1S/C25H24FN5O4/c1-14-28-19(11-21(29-14)25(33)27-13-15-3-6-18(26)23(9-15)34-2)20-12-22(35-30-20)16-7-8-31(17-4-5-17)24(32)10-16/h3,6-11,17,22H,4-5,12-13H2,1-2H3,(H,27,33). The predicted molar refractivity (Wildman–Crippen MR) is 125 cm³/mol. The molecule has 1 aromatic carbocycles. The number of hydrogen-bond donors (Lipinski definition) is 1. The Kier molecular flexibility index (Phi) is 6.02. The second-order valence-electron chi connectivity index (χ2n) is 8.61. The number of nitrogens with zero attached hydrogens (tertiary/aromatic N) is 4. The highest BCUT2D eigenvalue weighted by molar-refractivity contribution is 6.02. The Morgan fingerprint density at radius 1 is 1.23 bits per heavy atom. The molecule has 180 valence electrons. The molecular weight excluding hydrogens is 453 g/mol. The van der Waals surface area contributed by atoms with Gasteiger partial charge in [-0.15, -0.1) is 0 Å². The van der Waals surface area contributed by atoms with Gasteiger partial charge in [-0.1, -0.05) is 11.2 Å². The molecule has 10 heteroatoms. The minimum atomic E-state index is -0.472. The van der Waals surface area contributed by atoms with Crippen LogP contribution in [0.2, 0.25) is 0 Å². The van der Waals surface area contributed by atoms with Gasteiger partial charge in [0.05, 0.1) is 12.8 Å². The Morgan fingerprint density at radius 2 is 2.06 bits per heavy atom. The van der Waals surface area contributed by atoms with Crippen molar-refractivity contribution in [2.45, 2.75) is 44.9 Å². The van der Waals surface area contributed by atoms with Crippen molar-refractivity contribution in [3.8, 4) is 5.75 Å². The maximum absolute atomic E-state index is 13.6. The normalized spacial score (nSPS) is 17.0. The van der Waals surface area contributed by atoms with E-state index in [9.17, 15) is 14.0 Å². The van der Waals surface area contributed by atoms with Crippen LogP contribution in [-0.4, -0.2) is 33.3 Å². The molecule has 1 N–H and O–H groups in total. The summed E-state index contributed by atoms with van der Waals surface area (Å²) in [5.41, 5.74) is 2.63. The average Bonchev–Trinajstić information content (AvgIpc) is 3.57. The maximum Gasteiger partial charge on any atom is 0.270 e. The number of pyridine rings is 1. The third-order valence-electron chi connectivity index (χ3n) is 5.99. The lowest BCUT2D eigenvalue weighted by Crippen LogP contribution is -2.25. The Labute approximate surface area is 200 Å². The van der Waals surface area contributed by atoms with Crippen LogP contribution in [0.3, 0.4) is 0 Å². The van der Waals surface area contributed by atoms with Crippen LogP contribution in [0.4, 0.5) is 4.39 Å². The van der Waals surface area contributed by atoms with Crippen molar-refractivity contribution in [1.82, 2.24) is 19.9 Å². The number of carbonyl (C=O) groups excluding carboxylic acids is 1. The molecule has 1 saturated carbocycles. The van der Waals surface area contributed by atoms with Gasteiger partial charge in [-0.2, -0.15) is 0 Å². The summed E-state index contributed by atoms with van der Waals surface area (Å²) in [6.45, 7) is 1.86. The van der Waals surface area contributed by atoms with Gasteiger partial charge in [0.25, 0.3) is 11.5 Å². The maximum atomic E-state index is 13.6. The van der Waals surface area contributed by atoms with Crippen LogP contribution in [0.15, 0.2) is 52.5 Å². The third kappa shape index (κ3) is 4.91. The molecule has 3 heterocycles. The van der Waals surface area contributed by atoms with E-state index in [0.29, 0.717) is 35.3 Å². The molecule has 1 aliphatic carbocycles. The number of benzene rings is 1. The fourth-order valence-corrected chi connectivity index (χ4v) is 3.99. The van der Waals surface area contributed by atoms with Crippen LogP contribution in [-0.2, 0) is 11.4 Å². The van der Waals surface area contributed by atoms with Gasteiger partial charge < -0.3 is 19.5 Å². The van der Waals surface area contributed by atoms with Crippen LogP contribution in [0.5, 0.6) is 5.75 Å². The lowest BCUT2D eigenvalue weighted by atomic mass is 10.0. The first-order chi connectivity index (χ1) is 16.9. The molecule has 9 nitrogen and oxygen atoms in total. The fraction of sp³-hybridized carbons (Fsp3) is 0.320. The van der Waals surface area contributed by atoms with E-state index in [1.165, 1.54) is 19.2 Å². The number of carbonyl (C=O) groups is 1. The SMILES string of the molecule is COc1cc(CNC(=O)c2cc(C3=NOC(c4ccn(C5CC5)c(=O)c4)C3)nc(C)n2)ccc1F. The zero-order valence-corrected chi connectivity index (χ0v) is 19.3. The summed E-state index contributed by atoms with van der Waals surface area (Å²) in [6.07, 6.45) is 3.90. The summed E-state index contributed by atoms with van der Waals surface area (Å²) >= 11 is 0. The lowest BCUT2D eigenvalue weighted by Gasteiger charge is -2.10. The molecule has 35 heavy (non-hydrogen) atoms. The molecule has 0 radical (unpaired) electrons. The van der Waals surface area contributed by atoms with Crippen molar-refractivity contribution in [2.24, 2.45) is 5.16 Å². The molecular formula is C25H24FN5O4. The number of aromatic nitrogens is 3. The highest BCUT2D eigenvalue weighted by Gasteiger charge is 2.28. The van der Waals surface area contributed by atoms with E-state index < -0.39 is 17.8 Å². The second-order valence-corrected chi connectivity index (χ2v) is 8.61. The smallest absolute Gasteiger partial charge is 0.270 e. The average molecular weight is 477 g/mol. The summed E-state index contributed by atoms with van der Waals surface area (Å²) in [6, 6.07) is 9.74. The monoisotopic (exact) mass is 477 g/mol. The van der Waals surface area contributed by atoms with E-state index in [1.807, 2.05) is 12.3 Å². The Bertz CT molecular complexity index is 1380. The van der Waals surface area contributed by atoms with Gasteiger partial charge in [0, 0.05) is 36.8 Å². The minimum absolute atomic E-state index is 0.0438.